The van der Waals surface area contributed by atoms with Gasteiger partial charge in [-0.25, -0.2) is 0 Å². The monoisotopic (exact) mass is 241 g/mol. The molecule has 0 fully saturated rings. The molecule has 1 aromatic carbocycles. The fourth-order valence-corrected chi connectivity index (χ4v) is 1.72. The van der Waals surface area contributed by atoms with Crippen LogP contribution in [0.25, 0.3) is 0 Å². The van der Waals surface area contributed by atoms with Crippen LogP contribution in [0.4, 0.5) is 5.69 Å². The second-order valence-electron chi connectivity index (χ2n) is 3.56. The number of hydrogen-bond acceptors (Lipinski definition) is 3. The Bertz CT molecular complexity index is 373. The standard InChI is InChI=1S/C11H16ClN3O/c1-3-9(11(13)15-16)14-10-7(2)5-4-6-8(10)12/h4-6,9,14,16H,3H2,1-2H3,(H2,13,15). The minimum atomic E-state index is -0.219. The van der Waals surface area contributed by atoms with Gasteiger partial charge in [0.05, 0.1) is 16.8 Å². The van der Waals surface area contributed by atoms with E-state index in [9.17, 15) is 0 Å². The maximum atomic E-state index is 8.64. The highest BCUT2D eigenvalue weighted by atomic mass is 35.5. The fourth-order valence-electron chi connectivity index (χ4n) is 1.44. The molecule has 0 spiro atoms. The number of hydrogen-bond donors (Lipinski definition) is 3. The Labute approximate surface area is 100 Å². The number of para-hydroxylation sites is 1. The van der Waals surface area contributed by atoms with Crippen LogP contribution in [0.5, 0.6) is 0 Å². The highest BCUT2D eigenvalue weighted by Crippen LogP contribution is 2.26. The van der Waals surface area contributed by atoms with Gasteiger partial charge < -0.3 is 16.3 Å². The smallest absolute Gasteiger partial charge is 0.161 e. The number of benzene rings is 1. The summed E-state index contributed by atoms with van der Waals surface area (Å²) in [7, 11) is 0. The Morgan fingerprint density at radius 1 is 1.62 bits per heavy atom. The lowest BCUT2D eigenvalue weighted by atomic mass is 10.1. The van der Waals surface area contributed by atoms with E-state index < -0.39 is 0 Å². The summed E-state index contributed by atoms with van der Waals surface area (Å²) in [6, 6.07) is 5.42. The normalized spacial score (nSPS) is 13.6. The third-order valence-corrected chi connectivity index (χ3v) is 2.74. The van der Waals surface area contributed by atoms with Gasteiger partial charge in [0.2, 0.25) is 0 Å². The van der Waals surface area contributed by atoms with Gasteiger partial charge in [0.15, 0.2) is 5.84 Å². The first-order chi connectivity index (χ1) is 7.60. The van der Waals surface area contributed by atoms with Gasteiger partial charge in [-0.3, -0.25) is 0 Å². The van der Waals surface area contributed by atoms with Crippen molar-refractivity contribution in [2.24, 2.45) is 10.9 Å². The summed E-state index contributed by atoms with van der Waals surface area (Å²) >= 11 is 6.07. The van der Waals surface area contributed by atoms with Crippen LogP contribution >= 0.6 is 11.6 Å². The number of aryl methyl sites for hydroxylation is 1. The molecule has 0 amide bonds. The van der Waals surface area contributed by atoms with Crippen molar-refractivity contribution in [3.05, 3.63) is 28.8 Å². The molecule has 0 aliphatic carbocycles. The molecule has 5 heteroatoms. The Balaban J connectivity index is 2.94. The van der Waals surface area contributed by atoms with E-state index in [4.69, 9.17) is 22.5 Å². The molecule has 16 heavy (non-hydrogen) atoms. The van der Waals surface area contributed by atoms with Crippen molar-refractivity contribution in [1.29, 1.82) is 0 Å². The van der Waals surface area contributed by atoms with Crippen molar-refractivity contribution in [3.63, 3.8) is 0 Å². The SMILES string of the molecule is CCC(Nc1c(C)cccc1Cl)C(N)=NO. The molecule has 1 unspecified atom stereocenters. The van der Waals surface area contributed by atoms with Gasteiger partial charge in [0.1, 0.15) is 0 Å². The van der Waals surface area contributed by atoms with Crippen molar-refractivity contribution in [3.8, 4) is 0 Å². The molecular weight excluding hydrogens is 226 g/mol. The van der Waals surface area contributed by atoms with E-state index in [1.165, 1.54) is 0 Å². The van der Waals surface area contributed by atoms with Crippen LogP contribution in [0.1, 0.15) is 18.9 Å². The zero-order valence-electron chi connectivity index (χ0n) is 9.37. The van der Waals surface area contributed by atoms with E-state index in [1.54, 1.807) is 6.07 Å². The molecule has 88 valence electrons. The topological polar surface area (TPSA) is 70.6 Å². The van der Waals surface area contributed by atoms with Crippen LogP contribution in [0, 0.1) is 6.92 Å². The molecule has 0 bridgehead atoms. The molecule has 4 nitrogen and oxygen atoms in total. The maximum Gasteiger partial charge on any atom is 0.161 e. The van der Waals surface area contributed by atoms with Crippen LogP contribution in [-0.4, -0.2) is 17.1 Å². The third-order valence-electron chi connectivity index (χ3n) is 2.42. The predicted octanol–water partition coefficient (Wildman–Crippen LogP) is 2.59. The second-order valence-corrected chi connectivity index (χ2v) is 3.97. The minimum absolute atomic E-state index is 0.154. The molecule has 1 aromatic rings. The first-order valence-electron chi connectivity index (χ1n) is 5.09. The van der Waals surface area contributed by atoms with Crippen molar-refractivity contribution >= 4 is 23.1 Å². The van der Waals surface area contributed by atoms with E-state index in [1.807, 2.05) is 26.0 Å². The van der Waals surface area contributed by atoms with Gasteiger partial charge in [0.25, 0.3) is 0 Å². The minimum Gasteiger partial charge on any atom is -0.409 e. The van der Waals surface area contributed by atoms with Crippen LogP contribution < -0.4 is 11.1 Å². The number of oxime groups is 1. The van der Waals surface area contributed by atoms with Crippen molar-refractivity contribution < 1.29 is 5.21 Å². The molecule has 4 N–H and O–H groups in total. The average molecular weight is 242 g/mol. The molecule has 1 rings (SSSR count). The van der Waals surface area contributed by atoms with Gasteiger partial charge in [-0.15, -0.1) is 0 Å². The van der Waals surface area contributed by atoms with Crippen LogP contribution in [0.15, 0.2) is 23.4 Å². The Hall–Kier alpha value is -1.42. The molecule has 0 aliphatic rings. The average Bonchev–Trinajstić information content (AvgIpc) is 2.28. The summed E-state index contributed by atoms with van der Waals surface area (Å²) in [5, 5.41) is 15.4. The summed E-state index contributed by atoms with van der Waals surface area (Å²) in [5.74, 6) is 0.154. The number of amidine groups is 1. The second kappa shape index (κ2) is 5.61. The zero-order chi connectivity index (χ0) is 12.1. The zero-order valence-corrected chi connectivity index (χ0v) is 10.1. The molecule has 0 saturated carbocycles. The molecule has 0 heterocycles. The summed E-state index contributed by atoms with van der Waals surface area (Å²) in [5.41, 5.74) is 7.42. The number of halogens is 1. The summed E-state index contributed by atoms with van der Waals surface area (Å²) in [4.78, 5) is 0. The number of anilines is 1. The van der Waals surface area contributed by atoms with Crippen LogP contribution in [0.2, 0.25) is 5.02 Å². The number of nitrogens with zero attached hydrogens (tertiary/aromatic N) is 1. The van der Waals surface area contributed by atoms with Gasteiger partial charge in [0, 0.05) is 0 Å². The van der Waals surface area contributed by atoms with E-state index in [-0.39, 0.29) is 11.9 Å². The highest BCUT2D eigenvalue weighted by Gasteiger charge is 2.14. The first-order valence-corrected chi connectivity index (χ1v) is 5.47. The summed E-state index contributed by atoms with van der Waals surface area (Å²) in [6.45, 7) is 3.90. The summed E-state index contributed by atoms with van der Waals surface area (Å²) < 4.78 is 0. The number of rotatable bonds is 4. The third kappa shape index (κ3) is 2.79. The van der Waals surface area contributed by atoms with E-state index in [0.29, 0.717) is 11.4 Å². The molecule has 1 atom stereocenters. The molecular formula is C11H16ClN3O. The van der Waals surface area contributed by atoms with Crippen molar-refractivity contribution in [2.45, 2.75) is 26.3 Å². The van der Waals surface area contributed by atoms with Crippen molar-refractivity contribution in [1.82, 2.24) is 0 Å². The number of nitrogens with one attached hydrogen (secondary N) is 1. The van der Waals surface area contributed by atoms with Gasteiger partial charge in [-0.2, -0.15) is 0 Å². The first kappa shape index (κ1) is 12.6. The predicted molar refractivity (Wildman–Crippen MR) is 67.3 cm³/mol. The molecule has 0 aromatic heterocycles. The lowest BCUT2D eigenvalue weighted by Gasteiger charge is -2.19. The van der Waals surface area contributed by atoms with Crippen molar-refractivity contribution in [2.75, 3.05) is 5.32 Å². The van der Waals surface area contributed by atoms with E-state index in [2.05, 4.69) is 10.5 Å². The highest BCUT2D eigenvalue weighted by molar-refractivity contribution is 6.33. The van der Waals surface area contributed by atoms with E-state index in [0.717, 1.165) is 11.3 Å². The molecule has 0 aliphatic heterocycles. The quantitative estimate of drug-likeness (QED) is 0.328. The van der Waals surface area contributed by atoms with Crippen LogP contribution in [-0.2, 0) is 0 Å². The van der Waals surface area contributed by atoms with Gasteiger partial charge in [-0.05, 0) is 25.0 Å². The van der Waals surface area contributed by atoms with Crippen LogP contribution in [0.3, 0.4) is 0 Å². The van der Waals surface area contributed by atoms with Gasteiger partial charge >= 0.3 is 0 Å². The largest absolute Gasteiger partial charge is 0.409 e. The van der Waals surface area contributed by atoms with Gasteiger partial charge in [-0.1, -0.05) is 35.8 Å². The maximum absolute atomic E-state index is 8.64. The summed E-state index contributed by atoms with van der Waals surface area (Å²) in [6.07, 6.45) is 0.709. The van der Waals surface area contributed by atoms with E-state index >= 15 is 0 Å². The lowest BCUT2D eigenvalue weighted by molar-refractivity contribution is 0.316. The molecule has 0 radical (unpaired) electrons. The molecule has 0 saturated heterocycles. The Morgan fingerprint density at radius 2 is 2.31 bits per heavy atom. The lowest BCUT2D eigenvalue weighted by Crippen LogP contribution is -2.35. The number of nitrogens with two attached hydrogens (primary N) is 1. The fraction of sp³-hybridized carbons (Fsp3) is 0.364. The Kier molecular flexibility index (Phi) is 4.43. The Morgan fingerprint density at radius 3 is 2.81 bits per heavy atom.